The van der Waals surface area contributed by atoms with Crippen LogP contribution in [0.3, 0.4) is 0 Å². The van der Waals surface area contributed by atoms with E-state index in [-0.39, 0.29) is 5.91 Å². The fourth-order valence-corrected chi connectivity index (χ4v) is 3.27. The quantitative estimate of drug-likeness (QED) is 0.823. The molecule has 1 N–H and O–H groups in total. The fourth-order valence-electron chi connectivity index (χ4n) is 3.27. The van der Waals surface area contributed by atoms with E-state index in [4.69, 9.17) is 4.42 Å². The van der Waals surface area contributed by atoms with Crippen LogP contribution in [-0.4, -0.2) is 37.0 Å². The monoisotopic (exact) mass is 248 g/mol. The molecule has 1 amide bonds. The molecule has 98 valence electrons. The van der Waals surface area contributed by atoms with Crippen LogP contribution in [0.15, 0.2) is 10.5 Å². The van der Waals surface area contributed by atoms with Gasteiger partial charge in [-0.05, 0) is 39.3 Å². The van der Waals surface area contributed by atoms with Gasteiger partial charge in [0, 0.05) is 25.0 Å². The van der Waals surface area contributed by atoms with Gasteiger partial charge in [-0.15, -0.1) is 0 Å². The molecule has 1 aromatic rings. The SMILES string of the molecule is Cc1cc(C(=O)N2CCC3(CCNC3)C2)c(C)o1. The predicted octanol–water partition coefficient (Wildman–Crippen LogP) is 1.72. The first-order chi connectivity index (χ1) is 8.60. The van der Waals surface area contributed by atoms with E-state index in [0.717, 1.165) is 49.7 Å². The van der Waals surface area contributed by atoms with Crippen LogP contribution in [-0.2, 0) is 0 Å². The number of hydrogen-bond donors (Lipinski definition) is 1. The van der Waals surface area contributed by atoms with Gasteiger partial charge in [0.15, 0.2) is 0 Å². The number of hydrogen-bond acceptors (Lipinski definition) is 3. The maximum atomic E-state index is 12.5. The average Bonchev–Trinajstić information content (AvgIpc) is 3.02. The van der Waals surface area contributed by atoms with Crippen molar-refractivity contribution < 1.29 is 9.21 Å². The number of nitrogens with one attached hydrogen (secondary N) is 1. The van der Waals surface area contributed by atoms with Crippen LogP contribution in [0.2, 0.25) is 0 Å². The van der Waals surface area contributed by atoms with Crippen molar-refractivity contribution in [2.75, 3.05) is 26.2 Å². The molecule has 1 spiro atoms. The summed E-state index contributed by atoms with van der Waals surface area (Å²) in [5.74, 6) is 1.68. The molecule has 0 aromatic carbocycles. The maximum absolute atomic E-state index is 12.5. The number of amides is 1. The summed E-state index contributed by atoms with van der Waals surface area (Å²) in [6.07, 6.45) is 2.32. The highest BCUT2D eigenvalue weighted by molar-refractivity contribution is 5.95. The van der Waals surface area contributed by atoms with Crippen molar-refractivity contribution in [3.8, 4) is 0 Å². The summed E-state index contributed by atoms with van der Waals surface area (Å²) in [6.45, 7) is 7.66. The Bertz CT molecular complexity index is 472. The minimum Gasteiger partial charge on any atom is -0.466 e. The van der Waals surface area contributed by atoms with Crippen LogP contribution in [0.25, 0.3) is 0 Å². The molecule has 0 saturated carbocycles. The number of carbonyl (C=O) groups excluding carboxylic acids is 1. The van der Waals surface area contributed by atoms with Crippen molar-refractivity contribution in [1.82, 2.24) is 10.2 Å². The second-order valence-corrected chi connectivity index (χ2v) is 5.73. The molecule has 1 atom stereocenters. The van der Waals surface area contributed by atoms with E-state index in [1.807, 2.05) is 24.8 Å². The van der Waals surface area contributed by atoms with Crippen molar-refractivity contribution in [3.63, 3.8) is 0 Å². The molecule has 1 unspecified atom stereocenters. The molecule has 2 aliphatic heterocycles. The van der Waals surface area contributed by atoms with Gasteiger partial charge in [0.1, 0.15) is 11.5 Å². The molecular weight excluding hydrogens is 228 g/mol. The van der Waals surface area contributed by atoms with Gasteiger partial charge >= 0.3 is 0 Å². The zero-order chi connectivity index (χ0) is 12.8. The van der Waals surface area contributed by atoms with Crippen molar-refractivity contribution >= 4 is 5.91 Å². The standard InChI is InChI=1S/C14H20N2O2/c1-10-7-12(11(2)18-10)13(17)16-6-4-14(9-16)3-5-15-8-14/h7,15H,3-6,8-9H2,1-2H3. The van der Waals surface area contributed by atoms with Crippen molar-refractivity contribution in [3.05, 3.63) is 23.2 Å². The molecule has 18 heavy (non-hydrogen) atoms. The van der Waals surface area contributed by atoms with E-state index in [1.165, 1.54) is 6.42 Å². The third-order valence-electron chi connectivity index (χ3n) is 4.33. The summed E-state index contributed by atoms with van der Waals surface area (Å²) in [5, 5.41) is 3.41. The zero-order valence-electron chi connectivity index (χ0n) is 11.1. The zero-order valence-corrected chi connectivity index (χ0v) is 11.1. The predicted molar refractivity (Wildman–Crippen MR) is 68.6 cm³/mol. The van der Waals surface area contributed by atoms with Gasteiger partial charge in [-0.1, -0.05) is 0 Å². The Balaban J connectivity index is 1.76. The van der Waals surface area contributed by atoms with Gasteiger partial charge < -0.3 is 14.6 Å². The Labute approximate surface area is 107 Å². The number of likely N-dealkylation sites (tertiary alicyclic amines) is 1. The van der Waals surface area contributed by atoms with Gasteiger partial charge in [0.05, 0.1) is 5.56 Å². The minimum absolute atomic E-state index is 0.133. The van der Waals surface area contributed by atoms with E-state index in [2.05, 4.69) is 5.32 Å². The highest BCUT2D eigenvalue weighted by Gasteiger charge is 2.42. The number of nitrogens with zero attached hydrogens (tertiary/aromatic N) is 1. The summed E-state index contributed by atoms with van der Waals surface area (Å²) in [6, 6.07) is 1.86. The first-order valence-corrected chi connectivity index (χ1v) is 6.67. The molecule has 0 bridgehead atoms. The van der Waals surface area contributed by atoms with Gasteiger partial charge in [-0.3, -0.25) is 4.79 Å². The second kappa shape index (κ2) is 4.12. The van der Waals surface area contributed by atoms with Gasteiger partial charge in [-0.25, -0.2) is 0 Å². The normalized spacial score (nSPS) is 27.3. The molecule has 4 nitrogen and oxygen atoms in total. The van der Waals surface area contributed by atoms with Gasteiger partial charge in [0.2, 0.25) is 0 Å². The number of rotatable bonds is 1. The Morgan fingerprint density at radius 3 is 2.89 bits per heavy atom. The Morgan fingerprint density at radius 1 is 1.44 bits per heavy atom. The lowest BCUT2D eigenvalue weighted by Crippen LogP contribution is -2.33. The number of aryl methyl sites for hydroxylation is 2. The van der Waals surface area contributed by atoms with Gasteiger partial charge in [-0.2, -0.15) is 0 Å². The maximum Gasteiger partial charge on any atom is 0.257 e. The third-order valence-corrected chi connectivity index (χ3v) is 4.33. The average molecular weight is 248 g/mol. The third kappa shape index (κ3) is 1.85. The lowest BCUT2D eigenvalue weighted by Gasteiger charge is -2.22. The first-order valence-electron chi connectivity index (χ1n) is 6.67. The molecule has 2 aliphatic rings. The van der Waals surface area contributed by atoms with Crippen LogP contribution in [0.4, 0.5) is 0 Å². The van der Waals surface area contributed by atoms with E-state index < -0.39 is 0 Å². The lowest BCUT2D eigenvalue weighted by molar-refractivity contribution is 0.0774. The van der Waals surface area contributed by atoms with Gasteiger partial charge in [0.25, 0.3) is 5.91 Å². The van der Waals surface area contributed by atoms with E-state index >= 15 is 0 Å². The van der Waals surface area contributed by atoms with Crippen molar-refractivity contribution in [2.45, 2.75) is 26.7 Å². The van der Waals surface area contributed by atoms with Crippen LogP contribution < -0.4 is 5.32 Å². The number of carbonyl (C=O) groups is 1. The van der Waals surface area contributed by atoms with Crippen molar-refractivity contribution in [1.29, 1.82) is 0 Å². The lowest BCUT2D eigenvalue weighted by atomic mass is 9.86. The highest BCUT2D eigenvalue weighted by Crippen LogP contribution is 2.36. The Hall–Kier alpha value is -1.29. The molecule has 0 aliphatic carbocycles. The first kappa shape index (κ1) is 11.8. The molecule has 3 rings (SSSR count). The molecule has 1 aromatic heterocycles. The highest BCUT2D eigenvalue weighted by atomic mass is 16.3. The van der Waals surface area contributed by atoms with Crippen molar-refractivity contribution in [2.24, 2.45) is 5.41 Å². The van der Waals surface area contributed by atoms with Crippen LogP contribution >= 0.6 is 0 Å². The minimum atomic E-state index is 0.133. The van der Waals surface area contributed by atoms with E-state index in [0.29, 0.717) is 5.41 Å². The van der Waals surface area contributed by atoms with E-state index in [9.17, 15) is 4.79 Å². The molecule has 0 radical (unpaired) electrons. The molecule has 3 heterocycles. The van der Waals surface area contributed by atoms with E-state index in [1.54, 1.807) is 0 Å². The molecule has 4 heteroatoms. The Morgan fingerprint density at radius 2 is 2.28 bits per heavy atom. The fraction of sp³-hybridized carbons (Fsp3) is 0.643. The molecular formula is C14H20N2O2. The van der Waals surface area contributed by atoms with Crippen LogP contribution in [0.1, 0.15) is 34.7 Å². The summed E-state index contributed by atoms with van der Waals surface area (Å²) in [4.78, 5) is 14.5. The smallest absolute Gasteiger partial charge is 0.257 e. The molecule has 2 saturated heterocycles. The molecule has 2 fully saturated rings. The summed E-state index contributed by atoms with van der Waals surface area (Å²) in [5.41, 5.74) is 1.07. The second-order valence-electron chi connectivity index (χ2n) is 5.73. The topological polar surface area (TPSA) is 45.5 Å². The van der Waals surface area contributed by atoms with Crippen LogP contribution in [0, 0.1) is 19.3 Å². The summed E-state index contributed by atoms with van der Waals surface area (Å²) in [7, 11) is 0. The summed E-state index contributed by atoms with van der Waals surface area (Å²) >= 11 is 0. The summed E-state index contributed by atoms with van der Waals surface area (Å²) < 4.78 is 5.45. The number of furan rings is 1. The largest absolute Gasteiger partial charge is 0.466 e. The Kier molecular flexibility index (Phi) is 2.70. The van der Waals surface area contributed by atoms with Crippen LogP contribution in [0.5, 0.6) is 0 Å².